The Morgan fingerprint density at radius 1 is 1.10 bits per heavy atom. The summed E-state index contributed by atoms with van der Waals surface area (Å²) in [5, 5.41) is 5.84. The van der Waals surface area contributed by atoms with Gasteiger partial charge in [-0.2, -0.15) is 0 Å². The summed E-state index contributed by atoms with van der Waals surface area (Å²) in [5.74, 6) is 1.54. The molecule has 0 aliphatic heterocycles. The van der Waals surface area contributed by atoms with Crippen molar-refractivity contribution in [3.8, 4) is 11.5 Å². The van der Waals surface area contributed by atoms with Crippen LogP contribution < -0.4 is 15.4 Å². The van der Waals surface area contributed by atoms with Crippen molar-refractivity contribution in [2.75, 3.05) is 12.4 Å². The minimum atomic E-state index is -0.264. The van der Waals surface area contributed by atoms with Crippen LogP contribution in [0.15, 0.2) is 54.7 Å². The largest absolute Gasteiger partial charge is 0.457 e. The first-order valence-electron chi connectivity index (χ1n) is 8.91. The van der Waals surface area contributed by atoms with Crippen LogP contribution in [0.5, 0.6) is 11.5 Å². The van der Waals surface area contributed by atoms with Crippen LogP contribution in [-0.4, -0.2) is 27.9 Å². The zero-order chi connectivity index (χ0) is 20.4. The number of benzene rings is 2. The van der Waals surface area contributed by atoms with Gasteiger partial charge >= 0.3 is 0 Å². The fraction of sp³-hybridized carbons (Fsp3) is 0.0952. The number of aryl methyl sites for hydroxylation is 1. The Morgan fingerprint density at radius 2 is 1.93 bits per heavy atom. The average Bonchev–Trinajstić information content (AvgIpc) is 3.12. The summed E-state index contributed by atoms with van der Waals surface area (Å²) < 4.78 is 7.10. The molecule has 4 aromatic rings. The Bertz CT molecular complexity index is 1200. The number of nitrogens with one attached hydrogen (secondary N) is 3. The third-order valence-corrected chi connectivity index (χ3v) is 5.51. The third-order valence-electron chi connectivity index (χ3n) is 4.30. The number of aromatic nitrogens is 3. The normalized spacial score (nSPS) is 10.7. The topological polar surface area (TPSA) is 91.9 Å². The highest BCUT2D eigenvalue weighted by atomic mass is 127. The zero-order valence-corrected chi connectivity index (χ0v) is 17.9. The van der Waals surface area contributed by atoms with Gasteiger partial charge in [-0.3, -0.25) is 9.78 Å². The smallest absolute Gasteiger partial charge is 0.269 e. The second kappa shape index (κ2) is 8.08. The Morgan fingerprint density at radius 3 is 2.72 bits per heavy atom. The summed E-state index contributed by atoms with van der Waals surface area (Å²) >= 11 is 2.31. The van der Waals surface area contributed by atoms with E-state index in [-0.39, 0.29) is 5.91 Å². The summed E-state index contributed by atoms with van der Waals surface area (Å²) in [6.45, 7) is 2.07. The zero-order valence-electron chi connectivity index (χ0n) is 15.8. The Labute approximate surface area is 181 Å². The number of anilines is 2. The number of imidazole rings is 1. The van der Waals surface area contributed by atoms with Gasteiger partial charge in [-0.05, 0) is 71.5 Å². The van der Waals surface area contributed by atoms with Crippen LogP contribution in [-0.2, 0) is 0 Å². The molecule has 0 atom stereocenters. The number of carbonyl (C=O) groups excluding carboxylic acids is 1. The number of H-pyrrole nitrogens is 1. The molecule has 0 radical (unpaired) electrons. The van der Waals surface area contributed by atoms with Gasteiger partial charge in [0.15, 0.2) is 0 Å². The van der Waals surface area contributed by atoms with Gasteiger partial charge in [-0.1, -0.05) is 0 Å². The molecule has 0 saturated carbocycles. The number of halogens is 1. The Kier molecular flexibility index (Phi) is 5.34. The molecule has 4 rings (SSSR count). The highest BCUT2D eigenvalue weighted by Crippen LogP contribution is 2.27. The van der Waals surface area contributed by atoms with E-state index in [0.717, 1.165) is 16.7 Å². The van der Waals surface area contributed by atoms with Crippen LogP contribution in [0.2, 0.25) is 0 Å². The Hall–Kier alpha value is -3.14. The second-order valence-electron chi connectivity index (χ2n) is 6.41. The lowest BCUT2D eigenvalue weighted by atomic mass is 10.2. The van der Waals surface area contributed by atoms with Crippen molar-refractivity contribution in [2.45, 2.75) is 6.92 Å². The lowest BCUT2D eigenvalue weighted by molar-refractivity contribution is 0.0958. The van der Waals surface area contributed by atoms with Crippen LogP contribution in [0, 0.1) is 10.5 Å². The number of hydrogen-bond donors (Lipinski definition) is 3. The van der Waals surface area contributed by atoms with Gasteiger partial charge in [-0.25, -0.2) is 4.98 Å². The summed E-state index contributed by atoms with van der Waals surface area (Å²) in [4.78, 5) is 23.6. The average molecular weight is 499 g/mol. The highest BCUT2D eigenvalue weighted by molar-refractivity contribution is 14.1. The van der Waals surface area contributed by atoms with Gasteiger partial charge in [0.2, 0.25) is 5.95 Å². The third kappa shape index (κ3) is 4.32. The van der Waals surface area contributed by atoms with Gasteiger partial charge in [0.05, 0.1) is 11.0 Å². The lowest BCUT2D eigenvalue weighted by Gasteiger charge is -2.06. The van der Waals surface area contributed by atoms with Crippen LogP contribution in [0.3, 0.4) is 0 Å². The standard InChI is InChI=1S/C21H18IN5O2/c1-12-9-13(3-5-16(12)22)25-21-26-17-6-4-14(10-18(17)27-21)29-15-7-8-24-19(11-15)20(28)23-2/h3-11H,1-2H3,(H,23,28)(H2,25,26,27). The van der Waals surface area contributed by atoms with Crippen LogP contribution >= 0.6 is 22.6 Å². The highest BCUT2D eigenvalue weighted by Gasteiger charge is 2.09. The minimum Gasteiger partial charge on any atom is -0.457 e. The van der Waals surface area contributed by atoms with E-state index in [1.54, 1.807) is 19.2 Å². The van der Waals surface area contributed by atoms with Crippen LogP contribution in [0.25, 0.3) is 11.0 Å². The maximum absolute atomic E-state index is 11.7. The van der Waals surface area contributed by atoms with E-state index >= 15 is 0 Å². The van der Waals surface area contributed by atoms with Crippen molar-refractivity contribution in [2.24, 2.45) is 0 Å². The van der Waals surface area contributed by atoms with E-state index in [2.05, 4.69) is 67.2 Å². The van der Waals surface area contributed by atoms with Crippen molar-refractivity contribution >= 4 is 51.2 Å². The SMILES string of the molecule is CNC(=O)c1cc(Oc2ccc3[nH]c(Nc4ccc(I)c(C)c4)nc3c2)ccn1. The van der Waals surface area contributed by atoms with Crippen LogP contribution in [0.4, 0.5) is 11.6 Å². The molecule has 0 aliphatic carbocycles. The van der Waals surface area contributed by atoms with Gasteiger partial charge in [0.25, 0.3) is 5.91 Å². The Balaban J connectivity index is 1.55. The molecule has 1 amide bonds. The molecule has 2 aromatic heterocycles. The van der Waals surface area contributed by atoms with E-state index in [0.29, 0.717) is 23.1 Å². The fourth-order valence-electron chi connectivity index (χ4n) is 2.83. The molecule has 0 unspecified atom stereocenters. The maximum atomic E-state index is 11.7. The van der Waals surface area contributed by atoms with E-state index in [1.807, 2.05) is 24.3 Å². The molecule has 146 valence electrons. The predicted octanol–water partition coefficient (Wildman–Crippen LogP) is 4.77. The van der Waals surface area contributed by atoms with Gasteiger partial charge in [-0.15, -0.1) is 0 Å². The first-order chi connectivity index (χ1) is 14.0. The van der Waals surface area contributed by atoms with Crippen molar-refractivity contribution in [1.82, 2.24) is 20.3 Å². The quantitative estimate of drug-likeness (QED) is 0.345. The summed E-state index contributed by atoms with van der Waals surface area (Å²) in [6, 6.07) is 15.1. The number of pyridine rings is 1. The van der Waals surface area contributed by atoms with Gasteiger partial charge in [0.1, 0.15) is 17.2 Å². The van der Waals surface area contributed by atoms with Crippen LogP contribution in [0.1, 0.15) is 16.1 Å². The molecule has 7 nitrogen and oxygen atoms in total. The molecule has 3 N–H and O–H groups in total. The fourth-order valence-corrected chi connectivity index (χ4v) is 3.17. The molecular formula is C21H18IN5O2. The van der Waals surface area contributed by atoms with Crippen molar-refractivity contribution < 1.29 is 9.53 Å². The summed E-state index contributed by atoms with van der Waals surface area (Å²) in [6.07, 6.45) is 1.54. The first-order valence-corrected chi connectivity index (χ1v) is 9.98. The number of aromatic amines is 1. The van der Waals surface area contributed by atoms with Crippen molar-refractivity contribution in [3.63, 3.8) is 0 Å². The number of hydrogen-bond acceptors (Lipinski definition) is 5. The predicted molar refractivity (Wildman–Crippen MR) is 121 cm³/mol. The van der Waals surface area contributed by atoms with Crippen molar-refractivity contribution in [3.05, 3.63) is 69.6 Å². The van der Waals surface area contributed by atoms with Crippen molar-refractivity contribution in [1.29, 1.82) is 0 Å². The van der Waals surface area contributed by atoms with E-state index in [9.17, 15) is 4.79 Å². The number of rotatable bonds is 5. The molecule has 29 heavy (non-hydrogen) atoms. The number of carbonyl (C=O) groups is 1. The molecule has 8 heteroatoms. The van der Waals surface area contributed by atoms with Gasteiger partial charge < -0.3 is 20.4 Å². The first kappa shape index (κ1) is 19.2. The lowest BCUT2D eigenvalue weighted by Crippen LogP contribution is -2.18. The maximum Gasteiger partial charge on any atom is 0.269 e. The number of nitrogens with zero attached hydrogens (tertiary/aromatic N) is 2. The monoisotopic (exact) mass is 499 g/mol. The summed E-state index contributed by atoms with van der Waals surface area (Å²) in [5.41, 5.74) is 4.13. The van der Waals surface area contributed by atoms with E-state index < -0.39 is 0 Å². The molecular weight excluding hydrogens is 481 g/mol. The molecule has 0 spiro atoms. The number of ether oxygens (including phenoxy) is 1. The van der Waals surface area contributed by atoms with E-state index in [4.69, 9.17) is 4.74 Å². The molecule has 0 saturated heterocycles. The van der Waals surface area contributed by atoms with E-state index in [1.165, 1.54) is 15.3 Å². The molecule has 2 heterocycles. The molecule has 0 aliphatic rings. The molecule has 0 fully saturated rings. The van der Waals surface area contributed by atoms with Gasteiger partial charge in [0, 0.05) is 34.6 Å². The summed E-state index contributed by atoms with van der Waals surface area (Å²) in [7, 11) is 1.56. The number of fused-ring (bicyclic) bond motifs is 1. The molecule has 2 aromatic carbocycles. The second-order valence-corrected chi connectivity index (χ2v) is 7.57. The molecule has 0 bridgehead atoms. The minimum absolute atomic E-state index is 0.264. The number of amides is 1.